The summed E-state index contributed by atoms with van der Waals surface area (Å²) >= 11 is 0. The predicted octanol–water partition coefficient (Wildman–Crippen LogP) is 2.20. The fourth-order valence-electron chi connectivity index (χ4n) is 3.63. The number of fused-ring (bicyclic) bond motifs is 1. The van der Waals surface area contributed by atoms with Crippen LogP contribution in [0.4, 0.5) is 0 Å². The maximum Gasteiger partial charge on any atom is 0.305 e. The maximum atomic E-state index is 12.7. The molecule has 5 heteroatoms. The van der Waals surface area contributed by atoms with Crippen molar-refractivity contribution in [3.63, 3.8) is 0 Å². The third kappa shape index (κ3) is 2.99. The number of carboxylic acids is 1. The highest BCUT2D eigenvalue weighted by atomic mass is 16.5. The van der Waals surface area contributed by atoms with E-state index >= 15 is 0 Å². The summed E-state index contributed by atoms with van der Waals surface area (Å²) in [6, 6.07) is 7.79. The van der Waals surface area contributed by atoms with E-state index in [-0.39, 0.29) is 12.3 Å². The van der Waals surface area contributed by atoms with E-state index in [1.165, 1.54) is 0 Å². The number of benzene rings is 1. The van der Waals surface area contributed by atoms with Crippen LogP contribution in [0.25, 0.3) is 0 Å². The summed E-state index contributed by atoms with van der Waals surface area (Å²) in [5, 5.41) is 12.1. The summed E-state index contributed by atoms with van der Waals surface area (Å²) < 4.78 is 5.67. The van der Waals surface area contributed by atoms with E-state index in [0.717, 1.165) is 43.2 Å². The molecule has 2 N–H and O–H groups in total. The van der Waals surface area contributed by atoms with Crippen molar-refractivity contribution in [1.29, 1.82) is 0 Å². The summed E-state index contributed by atoms with van der Waals surface area (Å²) in [6.07, 6.45) is 3.51. The van der Waals surface area contributed by atoms with Gasteiger partial charge in [0.25, 0.3) is 5.91 Å². The fraction of sp³-hybridized carbons (Fsp3) is 0.529. The summed E-state index contributed by atoms with van der Waals surface area (Å²) in [7, 11) is 0. The van der Waals surface area contributed by atoms with E-state index in [1.54, 1.807) is 0 Å². The van der Waals surface area contributed by atoms with Gasteiger partial charge in [0.2, 0.25) is 0 Å². The van der Waals surface area contributed by atoms with Crippen molar-refractivity contribution in [3.8, 4) is 0 Å². The van der Waals surface area contributed by atoms with Gasteiger partial charge in [-0.2, -0.15) is 0 Å². The largest absolute Gasteiger partial charge is 0.481 e. The minimum Gasteiger partial charge on any atom is -0.481 e. The molecule has 1 unspecified atom stereocenters. The Morgan fingerprint density at radius 1 is 1.27 bits per heavy atom. The highest BCUT2D eigenvalue weighted by Crippen LogP contribution is 2.34. The van der Waals surface area contributed by atoms with Crippen LogP contribution >= 0.6 is 0 Å². The predicted molar refractivity (Wildman–Crippen MR) is 80.4 cm³/mol. The Kier molecular flexibility index (Phi) is 4.16. The van der Waals surface area contributed by atoms with Gasteiger partial charge in [0.15, 0.2) is 6.10 Å². The van der Waals surface area contributed by atoms with Crippen LogP contribution in [0.1, 0.15) is 49.3 Å². The molecule has 3 rings (SSSR count). The van der Waals surface area contributed by atoms with Gasteiger partial charge in [0.1, 0.15) is 0 Å². The topological polar surface area (TPSA) is 75.6 Å². The van der Waals surface area contributed by atoms with Crippen molar-refractivity contribution in [1.82, 2.24) is 5.32 Å². The van der Waals surface area contributed by atoms with Crippen molar-refractivity contribution in [3.05, 3.63) is 35.4 Å². The smallest absolute Gasteiger partial charge is 0.305 e. The molecule has 118 valence electrons. The van der Waals surface area contributed by atoms with Crippen LogP contribution in [-0.2, 0) is 20.7 Å². The first-order valence-electron chi connectivity index (χ1n) is 7.83. The van der Waals surface area contributed by atoms with E-state index in [0.29, 0.717) is 6.61 Å². The molecule has 5 nitrogen and oxygen atoms in total. The third-order valence-corrected chi connectivity index (χ3v) is 4.67. The molecule has 1 fully saturated rings. The monoisotopic (exact) mass is 303 g/mol. The lowest BCUT2D eigenvalue weighted by atomic mass is 9.91. The molecule has 1 amide bonds. The van der Waals surface area contributed by atoms with Gasteiger partial charge in [-0.25, -0.2) is 0 Å². The number of carboxylic acid groups (broad SMARTS) is 1. The summed E-state index contributed by atoms with van der Waals surface area (Å²) in [4.78, 5) is 23.8. The van der Waals surface area contributed by atoms with Crippen LogP contribution in [0, 0.1) is 0 Å². The molecule has 0 saturated heterocycles. The van der Waals surface area contributed by atoms with Crippen LogP contribution in [0.3, 0.4) is 0 Å². The summed E-state index contributed by atoms with van der Waals surface area (Å²) in [5.41, 5.74) is 1.42. The first-order chi connectivity index (χ1) is 10.6. The second-order valence-electron chi connectivity index (χ2n) is 6.25. The van der Waals surface area contributed by atoms with E-state index in [9.17, 15) is 9.59 Å². The molecule has 1 aromatic carbocycles. The number of carbonyl (C=O) groups excluding carboxylic acids is 1. The van der Waals surface area contributed by atoms with Gasteiger partial charge in [0, 0.05) is 0 Å². The van der Waals surface area contributed by atoms with E-state index in [4.69, 9.17) is 9.84 Å². The number of carbonyl (C=O) groups is 2. The molecular formula is C17H21NO4. The van der Waals surface area contributed by atoms with Crippen molar-refractivity contribution in [2.24, 2.45) is 0 Å². The van der Waals surface area contributed by atoms with Gasteiger partial charge in [-0.1, -0.05) is 37.1 Å². The standard InChI is InChI=1S/C17H21NO4/c19-14(20)11-17(8-3-4-9-17)18-16(21)15-13-6-2-1-5-12(13)7-10-22-15/h1-2,5-6,15H,3-4,7-11H2,(H,18,21)(H,19,20). The zero-order valence-corrected chi connectivity index (χ0v) is 12.5. The second kappa shape index (κ2) is 6.08. The zero-order valence-electron chi connectivity index (χ0n) is 12.5. The Labute approximate surface area is 129 Å². The van der Waals surface area contributed by atoms with E-state index in [2.05, 4.69) is 5.32 Å². The number of amides is 1. The third-order valence-electron chi connectivity index (χ3n) is 4.67. The Morgan fingerprint density at radius 2 is 2.00 bits per heavy atom. The Hall–Kier alpha value is -1.88. The van der Waals surface area contributed by atoms with Crippen molar-refractivity contribution in [2.75, 3.05) is 6.61 Å². The normalized spacial score (nSPS) is 22.8. The minimum atomic E-state index is -0.868. The van der Waals surface area contributed by atoms with Gasteiger partial charge >= 0.3 is 5.97 Å². The quantitative estimate of drug-likeness (QED) is 0.894. The van der Waals surface area contributed by atoms with Crippen LogP contribution < -0.4 is 5.32 Å². The second-order valence-corrected chi connectivity index (χ2v) is 6.25. The zero-order chi connectivity index (χ0) is 15.6. The average Bonchev–Trinajstić information content (AvgIpc) is 2.93. The van der Waals surface area contributed by atoms with Gasteiger partial charge in [-0.3, -0.25) is 9.59 Å². The highest BCUT2D eigenvalue weighted by molar-refractivity contribution is 5.84. The first kappa shape index (κ1) is 15.0. The molecule has 22 heavy (non-hydrogen) atoms. The molecule has 1 aliphatic carbocycles. The molecule has 1 saturated carbocycles. The lowest BCUT2D eigenvalue weighted by Gasteiger charge is -2.32. The average molecular weight is 303 g/mol. The van der Waals surface area contributed by atoms with Crippen LogP contribution in [0.2, 0.25) is 0 Å². The van der Waals surface area contributed by atoms with E-state index in [1.807, 2.05) is 24.3 Å². The van der Waals surface area contributed by atoms with Crippen LogP contribution in [0.5, 0.6) is 0 Å². The Morgan fingerprint density at radius 3 is 2.73 bits per heavy atom. The molecule has 0 radical (unpaired) electrons. The SMILES string of the molecule is O=C(O)CC1(NC(=O)C2OCCc3ccccc32)CCCC1. The Balaban J connectivity index is 1.78. The molecule has 1 atom stereocenters. The number of hydrogen-bond acceptors (Lipinski definition) is 3. The first-order valence-corrected chi connectivity index (χ1v) is 7.83. The van der Waals surface area contributed by atoms with Crippen LogP contribution in [-0.4, -0.2) is 29.1 Å². The van der Waals surface area contributed by atoms with Crippen molar-refractivity contribution >= 4 is 11.9 Å². The molecule has 0 bridgehead atoms. The van der Waals surface area contributed by atoms with Gasteiger partial charge in [-0.15, -0.1) is 0 Å². The fourth-order valence-corrected chi connectivity index (χ4v) is 3.63. The lowest BCUT2D eigenvalue weighted by Crippen LogP contribution is -2.50. The van der Waals surface area contributed by atoms with E-state index < -0.39 is 17.6 Å². The molecule has 1 heterocycles. The van der Waals surface area contributed by atoms with Crippen molar-refractivity contribution in [2.45, 2.75) is 50.2 Å². The Bertz CT molecular complexity index is 578. The number of aliphatic carboxylic acids is 1. The highest BCUT2D eigenvalue weighted by Gasteiger charge is 2.40. The summed E-state index contributed by atoms with van der Waals surface area (Å²) in [6.45, 7) is 0.515. The molecule has 0 spiro atoms. The summed E-state index contributed by atoms with van der Waals surface area (Å²) in [5.74, 6) is -1.08. The van der Waals surface area contributed by atoms with Gasteiger partial charge in [-0.05, 0) is 30.4 Å². The maximum absolute atomic E-state index is 12.7. The molecule has 0 aromatic heterocycles. The van der Waals surface area contributed by atoms with Gasteiger partial charge in [0.05, 0.1) is 18.6 Å². The molecule has 1 aliphatic heterocycles. The lowest BCUT2D eigenvalue weighted by molar-refractivity contribution is -0.141. The number of rotatable bonds is 4. The molecular weight excluding hydrogens is 282 g/mol. The number of ether oxygens (including phenoxy) is 1. The number of hydrogen-bond donors (Lipinski definition) is 2. The van der Waals surface area contributed by atoms with Crippen LogP contribution in [0.15, 0.2) is 24.3 Å². The van der Waals surface area contributed by atoms with Gasteiger partial charge < -0.3 is 15.2 Å². The van der Waals surface area contributed by atoms with Crippen molar-refractivity contribution < 1.29 is 19.4 Å². The number of nitrogens with one attached hydrogen (secondary N) is 1. The molecule has 1 aromatic rings. The minimum absolute atomic E-state index is 0.0207. The molecule has 2 aliphatic rings.